The van der Waals surface area contributed by atoms with Crippen molar-refractivity contribution >= 4 is 38.8 Å². The number of ether oxygens (including phenoxy) is 1. The molecule has 2 rings (SSSR count). The molecule has 1 unspecified atom stereocenters. The Morgan fingerprint density at radius 2 is 1.45 bits per heavy atom. The van der Waals surface area contributed by atoms with E-state index in [2.05, 4.69) is 21.5 Å². The molecule has 0 aliphatic heterocycles. The predicted molar refractivity (Wildman–Crippen MR) is 178 cm³/mol. The summed E-state index contributed by atoms with van der Waals surface area (Å²) in [5.41, 5.74) is 1.08. The van der Waals surface area contributed by atoms with Crippen molar-refractivity contribution in [2.24, 2.45) is 0 Å². The summed E-state index contributed by atoms with van der Waals surface area (Å²) in [5.74, 6) is 1.57. The van der Waals surface area contributed by atoms with Gasteiger partial charge in [-0.15, -0.1) is 0 Å². The van der Waals surface area contributed by atoms with Gasteiger partial charge >= 0.3 is 6.09 Å². The van der Waals surface area contributed by atoms with Crippen LogP contribution in [0.1, 0.15) is 103 Å². The number of carbonyl (C=O) groups is 1. The number of aromatic nitrogens is 1. The van der Waals surface area contributed by atoms with Crippen LogP contribution in [0.3, 0.4) is 0 Å². The zero-order chi connectivity index (χ0) is 30.3. The molecule has 1 aromatic carbocycles. The molecule has 0 fully saturated rings. The Labute approximate surface area is 260 Å². The number of aryl methyl sites for hydroxylation is 1. The number of amides is 1. The fourth-order valence-corrected chi connectivity index (χ4v) is 7.21. The molecule has 0 spiro atoms. The molecule has 1 aromatic heterocycles. The summed E-state index contributed by atoms with van der Waals surface area (Å²) in [6.45, 7) is 2.96. The van der Waals surface area contributed by atoms with Crippen molar-refractivity contribution in [1.82, 2.24) is 10.0 Å². The van der Waals surface area contributed by atoms with E-state index in [0.29, 0.717) is 18.7 Å². The Kier molecular flexibility index (Phi) is 19.6. The summed E-state index contributed by atoms with van der Waals surface area (Å²) in [4.78, 5) is 11.8. The van der Waals surface area contributed by atoms with Gasteiger partial charge in [0.1, 0.15) is 12.6 Å². The summed E-state index contributed by atoms with van der Waals surface area (Å²) in [6.07, 6.45) is 20.1. The minimum Gasteiger partial charge on any atom is -0.444 e. The van der Waals surface area contributed by atoms with E-state index < -0.39 is 22.2 Å². The monoisotopic (exact) mass is 622 g/mol. The third-order valence-corrected chi connectivity index (χ3v) is 10.2. The van der Waals surface area contributed by atoms with Gasteiger partial charge in [0.25, 0.3) is 0 Å². The zero-order valence-electron chi connectivity index (χ0n) is 26.2. The number of thioether (sulfide) groups is 1. The lowest BCUT2D eigenvalue weighted by atomic mass is 10.0. The molecule has 1 amide bonds. The third kappa shape index (κ3) is 16.7. The number of alkyl carbamates (subject to hydrolysis) is 1. The van der Waals surface area contributed by atoms with Crippen LogP contribution in [0.25, 0.3) is 10.9 Å². The molecule has 238 valence electrons. The SMILES string of the molecule is CCCCCCCCCCCCCCCCSCC(CNS(=O)(=O)CCC[n+]1cccc2ccccc21)OC(=O)NC. The van der Waals surface area contributed by atoms with Crippen LogP contribution in [0, 0.1) is 0 Å². The minimum absolute atomic E-state index is 0.0160. The second-order valence-corrected chi connectivity index (χ2v) is 14.3. The number of fused-ring (bicyclic) bond motifs is 1. The van der Waals surface area contributed by atoms with Crippen molar-refractivity contribution in [2.45, 2.75) is 116 Å². The maximum Gasteiger partial charge on any atom is 0.407 e. The first kappa shape index (κ1) is 36.4. The van der Waals surface area contributed by atoms with Gasteiger partial charge in [-0.05, 0) is 24.3 Å². The minimum atomic E-state index is -3.49. The Balaban J connectivity index is 1.56. The second kappa shape index (κ2) is 22.7. The molecular formula is C33H56N3O4S2+. The molecular weight excluding hydrogens is 567 g/mol. The van der Waals surface area contributed by atoms with E-state index in [1.807, 2.05) is 42.6 Å². The highest BCUT2D eigenvalue weighted by Gasteiger charge is 2.19. The number of hydrogen-bond donors (Lipinski definition) is 2. The molecule has 2 aromatic rings. The lowest BCUT2D eigenvalue weighted by molar-refractivity contribution is -0.671. The Bertz CT molecular complexity index is 1090. The summed E-state index contributed by atoms with van der Waals surface area (Å²) in [5, 5.41) is 3.59. The molecule has 0 saturated carbocycles. The molecule has 1 heterocycles. The van der Waals surface area contributed by atoms with Crippen molar-refractivity contribution in [1.29, 1.82) is 0 Å². The Morgan fingerprint density at radius 3 is 2.10 bits per heavy atom. The lowest BCUT2D eigenvalue weighted by Crippen LogP contribution is -2.40. The summed E-state index contributed by atoms with van der Waals surface area (Å²) in [6, 6.07) is 12.1. The van der Waals surface area contributed by atoms with Gasteiger partial charge in [-0.2, -0.15) is 16.3 Å². The van der Waals surface area contributed by atoms with Crippen LogP contribution in [-0.2, 0) is 21.3 Å². The molecule has 9 heteroatoms. The predicted octanol–water partition coefficient (Wildman–Crippen LogP) is 7.38. The molecule has 0 radical (unpaired) electrons. The van der Waals surface area contributed by atoms with Gasteiger partial charge in [-0.3, -0.25) is 0 Å². The number of para-hydroxylation sites is 1. The largest absolute Gasteiger partial charge is 0.444 e. The van der Waals surface area contributed by atoms with Gasteiger partial charge in [0.15, 0.2) is 6.20 Å². The molecule has 0 saturated heterocycles. The molecule has 7 nitrogen and oxygen atoms in total. The first-order valence-corrected chi connectivity index (χ1v) is 19.1. The summed E-state index contributed by atoms with van der Waals surface area (Å²) in [7, 11) is -1.98. The Morgan fingerprint density at radius 1 is 0.857 bits per heavy atom. The lowest BCUT2D eigenvalue weighted by Gasteiger charge is -2.18. The van der Waals surface area contributed by atoms with Crippen LogP contribution in [0.2, 0.25) is 0 Å². The smallest absolute Gasteiger partial charge is 0.407 e. The van der Waals surface area contributed by atoms with Gasteiger partial charge in [-0.25, -0.2) is 17.9 Å². The normalized spacial score (nSPS) is 12.4. The van der Waals surface area contributed by atoms with Gasteiger partial charge in [-0.1, -0.05) is 103 Å². The number of hydrogen-bond acceptors (Lipinski definition) is 5. The van der Waals surface area contributed by atoms with Crippen molar-refractivity contribution in [3.05, 3.63) is 42.6 Å². The fourth-order valence-electron chi connectivity index (χ4n) is 5.09. The topological polar surface area (TPSA) is 88.4 Å². The van der Waals surface area contributed by atoms with E-state index in [-0.39, 0.29) is 12.3 Å². The molecule has 0 aliphatic rings. The van der Waals surface area contributed by atoms with E-state index in [0.717, 1.165) is 23.1 Å². The number of nitrogens with one attached hydrogen (secondary N) is 2. The number of pyridine rings is 1. The van der Waals surface area contributed by atoms with Crippen LogP contribution in [0.4, 0.5) is 4.79 Å². The standard InChI is InChI=1S/C33H55N3O4S2/c1-3-4-5-6-7-8-9-10-11-12-13-14-15-18-26-41-29-31(40-33(37)34-2)28-35-42(38,39)27-20-25-36-24-19-22-30-21-16-17-23-32(30)36/h16-17,19,21-24,31,35H,3-15,18,20,25-29H2,1-2H3/p+1. The van der Waals surface area contributed by atoms with E-state index in [4.69, 9.17) is 4.74 Å². The van der Waals surface area contributed by atoms with E-state index in [1.165, 1.54) is 90.5 Å². The Hall–Kier alpha value is -1.84. The van der Waals surface area contributed by atoms with Crippen LogP contribution in [-0.4, -0.2) is 51.5 Å². The third-order valence-electron chi connectivity index (χ3n) is 7.55. The maximum absolute atomic E-state index is 12.7. The fraction of sp³-hybridized carbons (Fsp3) is 0.697. The number of sulfonamides is 1. The molecule has 42 heavy (non-hydrogen) atoms. The van der Waals surface area contributed by atoms with Crippen LogP contribution < -0.4 is 14.6 Å². The molecule has 1 atom stereocenters. The van der Waals surface area contributed by atoms with Crippen LogP contribution >= 0.6 is 11.8 Å². The summed E-state index contributed by atoms with van der Waals surface area (Å²) < 4.78 is 35.5. The van der Waals surface area contributed by atoms with Gasteiger partial charge in [0, 0.05) is 43.3 Å². The number of benzene rings is 1. The summed E-state index contributed by atoms with van der Waals surface area (Å²) >= 11 is 1.72. The highest BCUT2D eigenvalue weighted by Crippen LogP contribution is 2.15. The molecule has 0 aliphatic carbocycles. The van der Waals surface area contributed by atoms with Gasteiger partial charge < -0.3 is 10.1 Å². The number of unbranched alkanes of at least 4 members (excludes halogenated alkanes) is 13. The van der Waals surface area contributed by atoms with Crippen molar-refractivity contribution in [2.75, 3.05) is 30.9 Å². The van der Waals surface area contributed by atoms with Gasteiger partial charge in [0.05, 0.1) is 5.75 Å². The average molecular weight is 623 g/mol. The van der Waals surface area contributed by atoms with Crippen LogP contribution in [0.5, 0.6) is 0 Å². The van der Waals surface area contributed by atoms with Crippen molar-refractivity contribution in [3.8, 4) is 0 Å². The molecule has 0 bridgehead atoms. The first-order valence-electron chi connectivity index (χ1n) is 16.3. The zero-order valence-corrected chi connectivity index (χ0v) is 27.8. The average Bonchev–Trinajstić information content (AvgIpc) is 2.99. The second-order valence-electron chi connectivity index (χ2n) is 11.2. The van der Waals surface area contributed by atoms with Gasteiger partial charge in [0.2, 0.25) is 15.5 Å². The highest BCUT2D eigenvalue weighted by molar-refractivity contribution is 7.99. The molecule has 2 N–H and O–H groups in total. The number of carbonyl (C=O) groups excluding carboxylic acids is 1. The maximum atomic E-state index is 12.7. The van der Waals surface area contributed by atoms with Crippen LogP contribution in [0.15, 0.2) is 42.6 Å². The quantitative estimate of drug-likeness (QED) is 0.0891. The van der Waals surface area contributed by atoms with E-state index in [9.17, 15) is 13.2 Å². The number of rotatable bonds is 25. The van der Waals surface area contributed by atoms with E-state index in [1.54, 1.807) is 11.8 Å². The number of nitrogens with zero attached hydrogens (tertiary/aromatic N) is 1. The highest BCUT2D eigenvalue weighted by atomic mass is 32.2. The van der Waals surface area contributed by atoms with Crippen molar-refractivity contribution < 1.29 is 22.5 Å². The van der Waals surface area contributed by atoms with Crippen molar-refractivity contribution in [3.63, 3.8) is 0 Å². The first-order chi connectivity index (χ1) is 20.4. The van der Waals surface area contributed by atoms with E-state index >= 15 is 0 Å².